The van der Waals surface area contributed by atoms with Gasteiger partial charge in [-0.1, -0.05) is 37.3 Å². The summed E-state index contributed by atoms with van der Waals surface area (Å²) in [7, 11) is 0. The van der Waals surface area contributed by atoms with Gasteiger partial charge in [0, 0.05) is 17.8 Å². The molecule has 2 heterocycles. The summed E-state index contributed by atoms with van der Waals surface area (Å²) < 4.78 is 2.24. The molecule has 0 aliphatic rings. The monoisotopic (exact) mass is 265 g/mol. The average Bonchev–Trinajstić information content (AvgIpc) is 2.87. The van der Waals surface area contributed by atoms with Crippen molar-refractivity contribution >= 4 is 5.65 Å². The summed E-state index contributed by atoms with van der Waals surface area (Å²) >= 11 is 0. The Bertz CT molecular complexity index is 739. The Kier molecular flexibility index (Phi) is 3.28. The predicted octanol–water partition coefficient (Wildman–Crippen LogP) is 3.33. The van der Waals surface area contributed by atoms with Crippen molar-refractivity contribution in [1.29, 1.82) is 0 Å². The Morgan fingerprint density at radius 3 is 2.50 bits per heavy atom. The SMILES string of the molecule is CCc1c(-c2ccc(CN)cc2)nc2cccc(C)n12. The van der Waals surface area contributed by atoms with Crippen LogP contribution in [0.3, 0.4) is 0 Å². The van der Waals surface area contributed by atoms with Gasteiger partial charge in [-0.25, -0.2) is 4.98 Å². The lowest BCUT2D eigenvalue weighted by atomic mass is 10.1. The number of rotatable bonds is 3. The summed E-state index contributed by atoms with van der Waals surface area (Å²) in [6, 6.07) is 14.6. The molecule has 102 valence electrons. The van der Waals surface area contributed by atoms with Crippen molar-refractivity contribution in [3.05, 3.63) is 59.4 Å². The third-order valence-corrected chi connectivity index (χ3v) is 3.73. The van der Waals surface area contributed by atoms with Crippen LogP contribution in [0.2, 0.25) is 0 Å². The molecular weight excluding hydrogens is 246 g/mol. The first-order valence-electron chi connectivity index (χ1n) is 7.01. The fourth-order valence-electron chi connectivity index (χ4n) is 2.68. The maximum Gasteiger partial charge on any atom is 0.137 e. The minimum atomic E-state index is 0.575. The van der Waals surface area contributed by atoms with Gasteiger partial charge in [-0.2, -0.15) is 0 Å². The number of imidazole rings is 1. The number of hydrogen-bond donors (Lipinski definition) is 1. The second kappa shape index (κ2) is 5.10. The highest BCUT2D eigenvalue weighted by molar-refractivity contribution is 5.67. The molecule has 3 rings (SSSR count). The average molecular weight is 265 g/mol. The lowest BCUT2D eigenvalue weighted by Gasteiger charge is -2.05. The van der Waals surface area contributed by atoms with Gasteiger partial charge >= 0.3 is 0 Å². The van der Waals surface area contributed by atoms with E-state index in [0.717, 1.165) is 28.9 Å². The molecule has 3 heteroatoms. The topological polar surface area (TPSA) is 43.3 Å². The van der Waals surface area contributed by atoms with E-state index in [-0.39, 0.29) is 0 Å². The lowest BCUT2D eigenvalue weighted by molar-refractivity contribution is 0.962. The van der Waals surface area contributed by atoms with Crippen LogP contribution >= 0.6 is 0 Å². The quantitative estimate of drug-likeness (QED) is 0.789. The van der Waals surface area contributed by atoms with Crippen LogP contribution in [0.25, 0.3) is 16.9 Å². The fraction of sp³-hybridized carbons (Fsp3) is 0.235. The maximum atomic E-state index is 5.66. The first-order valence-corrected chi connectivity index (χ1v) is 7.01. The van der Waals surface area contributed by atoms with E-state index in [4.69, 9.17) is 10.7 Å². The van der Waals surface area contributed by atoms with E-state index < -0.39 is 0 Å². The number of nitrogens with zero attached hydrogens (tertiary/aromatic N) is 2. The molecule has 0 aliphatic heterocycles. The molecule has 0 spiro atoms. The molecule has 0 bridgehead atoms. The normalized spacial score (nSPS) is 11.2. The molecular formula is C17H19N3. The molecule has 3 nitrogen and oxygen atoms in total. The molecule has 0 saturated heterocycles. The van der Waals surface area contributed by atoms with Crippen molar-refractivity contribution in [2.24, 2.45) is 5.73 Å². The summed E-state index contributed by atoms with van der Waals surface area (Å²) in [6.07, 6.45) is 0.958. The van der Waals surface area contributed by atoms with Gasteiger partial charge in [0.05, 0.1) is 11.4 Å². The largest absolute Gasteiger partial charge is 0.326 e. The van der Waals surface area contributed by atoms with Crippen LogP contribution in [0.5, 0.6) is 0 Å². The Morgan fingerprint density at radius 1 is 1.10 bits per heavy atom. The number of aryl methyl sites for hydroxylation is 2. The Morgan fingerprint density at radius 2 is 1.85 bits per heavy atom. The first kappa shape index (κ1) is 12.9. The standard InChI is InChI=1S/C17H19N3/c1-3-15-17(14-9-7-13(11-18)8-10-14)19-16-6-4-5-12(2)20(15)16/h4-10H,3,11,18H2,1-2H3. The van der Waals surface area contributed by atoms with E-state index in [0.29, 0.717) is 6.54 Å². The van der Waals surface area contributed by atoms with E-state index in [2.05, 4.69) is 60.7 Å². The van der Waals surface area contributed by atoms with E-state index in [1.165, 1.54) is 11.4 Å². The van der Waals surface area contributed by atoms with Crippen molar-refractivity contribution in [1.82, 2.24) is 9.38 Å². The van der Waals surface area contributed by atoms with Crippen LogP contribution in [-0.2, 0) is 13.0 Å². The molecule has 2 N–H and O–H groups in total. The van der Waals surface area contributed by atoms with Crippen LogP contribution in [0.1, 0.15) is 23.9 Å². The highest BCUT2D eigenvalue weighted by Gasteiger charge is 2.13. The summed E-state index contributed by atoms with van der Waals surface area (Å²) in [5.41, 5.74) is 12.5. The molecule has 3 aromatic rings. The molecule has 0 amide bonds. The van der Waals surface area contributed by atoms with Crippen molar-refractivity contribution in [2.45, 2.75) is 26.8 Å². The molecule has 20 heavy (non-hydrogen) atoms. The minimum Gasteiger partial charge on any atom is -0.326 e. The summed E-state index contributed by atoms with van der Waals surface area (Å²) in [5, 5.41) is 0. The molecule has 0 atom stereocenters. The van der Waals surface area contributed by atoms with Gasteiger partial charge in [-0.3, -0.25) is 0 Å². The lowest BCUT2D eigenvalue weighted by Crippen LogP contribution is -1.97. The van der Waals surface area contributed by atoms with Crippen molar-refractivity contribution in [2.75, 3.05) is 0 Å². The zero-order valence-corrected chi connectivity index (χ0v) is 11.9. The Balaban J connectivity index is 2.22. The number of nitrogens with two attached hydrogens (primary N) is 1. The van der Waals surface area contributed by atoms with E-state index >= 15 is 0 Å². The van der Waals surface area contributed by atoms with Crippen LogP contribution in [0.4, 0.5) is 0 Å². The molecule has 0 aliphatic carbocycles. The van der Waals surface area contributed by atoms with Gasteiger partial charge in [0.2, 0.25) is 0 Å². The van der Waals surface area contributed by atoms with Crippen molar-refractivity contribution in [3.8, 4) is 11.3 Å². The maximum absolute atomic E-state index is 5.66. The van der Waals surface area contributed by atoms with Crippen molar-refractivity contribution in [3.63, 3.8) is 0 Å². The second-order valence-corrected chi connectivity index (χ2v) is 5.02. The third kappa shape index (κ3) is 2.00. The van der Waals surface area contributed by atoms with E-state index in [1.54, 1.807) is 0 Å². The van der Waals surface area contributed by atoms with E-state index in [9.17, 15) is 0 Å². The minimum absolute atomic E-state index is 0.575. The zero-order valence-electron chi connectivity index (χ0n) is 11.9. The summed E-state index contributed by atoms with van der Waals surface area (Å²) in [5.74, 6) is 0. The predicted molar refractivity (Wildman–Crippen MR) is 82.6 cm³/mol. The van der Waals surface area contributed by atoms with Gasteiger partial charge in [0.1, 0.15) is 5.65 Å². The smallest absolute Gasteiger partial charge is 0.137 e. The third-order valence-electron chi connectivity index (χ3n) is 3.73. The van der Waals surface area contributed by atoms with Gasteiger partial charge in [-0.05, 0) is 31.0 Å². The van der Waals surface area contributed by atoms with Crippen molar-refractivity contribution < 1.29 is 0 Å². The molecule has 2 aromatic heterocycles. The Labute approximate surface area is 119 Å². The van der Waals surface area contributed by atoms with Crippen LogP contribution in [0, 0.1) is 6.92 Å². The van der Waals surface area contributed by atoms with Crippen LogP contribution in [-0.4, -0.2) is 9.38 Å². The van der Waals surface area contributed by atoms with E-state index in [1.807, 2.05) is 0 Å². The highest BCUT2D eigenvalue weighted by Crippen LogP contribution is 2.26. The Hall–Kier alpha value is -2.13. The number of fused-ring (bicyclic) bond motifs is 1. The molecule has 1 aromatic carbocycles. The summed E-state index contributed by atoms with van der Waals surface area (Å²) in [4.78, 5) is 4.80. The number of pyridine rings is 1. The zero-order chi connectivity index (χ0) is 14.1. The van der Waals surface area contributed by atoms with Crippen LogP contribution < -0.4 is 5.73 Å². The number of hydrogen-bond acceptors (Lipinski definition) is 2. The van der Waals surface area contributed by atoms with Gasteiger partial charge < -0.3 is 10.1 Å². The molecule has 0 radical (unpaired) electrons. The van der Waals surface area contributed by atoms with Gasteiger partial charge in [0.25, 0.3) is 0 Å². The molecule has 0 unspecified atom stereocenters. The van der Waals surface area contributed by atoms with Crippen LogP contribution in [0.15, 0.2) is 42.5 Å². The highest BCUT2D eigenvalue weighted by atomic mass is 15.0. The molecule has 0 fully saturated rings. The summed E-state index contributed by atoms with van der Waals surface area (Å²) in [6.45, 7) is 4.87. The van der Waals surface area contributed by atoms with Gasteiger partial charge in [-0.15, -0.1) is 0 Å². The fourth-order valence-corrected chi connectivity index (χ4v) is 2.68. The second-order valence-electron chi connectivity index (χ2n) is 5.02. The van der Waals surface area contributed by atoms with Gasteiger partial charge in [0.15, 0.2) is 0 Å². The molecule has 0 saturated carbocycles. The number of aromatic nitrogens is 2. The first-order chi connectivity index (χ1) is 9.74. The number of benzene rings is 1.